The van der Waals surface area contributed by atoms with Crippen LogP contribution in [0.5, 0.6) is 5.75 Å². The highest BCUT2D eigenvalue weighted by molar-refractivity contribution is 7.92. The smallest absolute Gasteiger partial charge is 0.342 e. The number of nitrogens with one attached hydrogen (secondary N) is 2. The molecule has 0 atom stereocenters. The second-order valence-electron chi connectivity index (χ2n) is 3.94. The summed E-state index contributed by atoms with van der Waals surface area (Å²) < 4.78 is 36.4. The Morgan fingerprint density at radius 1 is 1.33 bits per heavy atom. The van der Waals surface area contributed by atoms with Crippen LogP contribution >= 0.6 is 0 Å². The molecule has 1 aromatic carbocycles. The maximum atomic E-state index is 12.3. The number of anilines is 1. The van der Waals surface area contributed by atoms with Crippen molar-refractivity contribution in [1.82, 2.24) is 10.2 Å². The summed E-state index contributed by atoms with van der Waals surface area (Å²) in [5, 5.41) is 5.48. The molecule has 0 fully saturated rings. The Morgan fingerprint density at radius 3 is 2.76 bits per heavy atom. The van der Waals surface area contributed by atoms with Crippen LogP contribution in [0.25, 0.3) is 0 Å². The molecule has 112 valence electrons. The number of rotatable bonds is 5. The summed E-state index contributed by atoms with van der Waals surface area (Å²) in [7, 11) is -1.38. The van der Waals surface area contributed by atoms with Gasteiger partial charge in [0.15, 0.2) is 5.03 Å². The number of carbonyl (C=O) groups excluding carboxylic acids is 1. The predicted octanol–water partition coefficient (Wildman–Crippen LogP) is 1.01. The minimum atomic E-state index is -4.01. The molecule has 0 unspecified atom stereocenters. The molecule has 2 rings (SSSR count). The van der Waals surface area contributed by atoms with Crippen LogP contribution in [-0.2, 0) is 14.8 Å². The van der Waals surface area contributed by atoms with Gasteiger partial charge in [-0.1, -0.05) is 6.07 Å². The summed E-state index contributed by atoms with van der Waals surface area (Å²) in [4.78, 5) is 11.5. The van der Waals surface area contributed by atoms with Gasteiger partial charge in [0, 0.05) is 6.07 Å². The van der Waals surface area contributed by atoms with Crippen LogP contribution in [0.1, 0.15) is 10.4 Å². The van der Waals surface area contributed by atoms with Gasteiger partial charge in [0.1, 0.15) is 11.3 Å². The second kappa shape index (κ2) is 5.83. The van der Waals surface area contributed by atoms with Crippen LogP contribution in [0.4, 0.5) is 5.69 Å². The first-order chi connectivity index (χ1) is 9.97. The van der Waals surface area contributed by atoms with E-state index >= 15 is 0 Å². The van der Waals surface area contributed by atoms with Crippen molar-refractivity contribution in [2.45, 2.75) is 5.03 Å². The van der Waals surface area contributed by atoms with Crippen molar-refractivity contribution in [3.63, 3.8) is 0 Å². The molecule has 0 aliphatic heterocycles. The van der Waals surface area contributed by atoms with Gasteiger partial charge in [-0.15, -0.1) is 0 Å². The fraction of sp³-hybridized carbons (Fsp3) is 0.167. The lowest BCUT2D eigenvalue weighted by Crippen LogP contribution is -2.17. The van der Waals surface area contributed by atoms with Crippen molar-refractivity contribution in [3.05, 3.63) is 36.0 Å². The number of ether oxygens (including phenoxy) is 2. The Bertz CT molecular complexity index is 754. The third-order valence-corrected chi connectivity index (χ3v) is 3.95. The quantitative estimate of drug-likeness (QED) is 0.797. The predicted molar refractivity (Wildman–Crippen MR) is 73.7 cm³/mol. The highest BCUT2D eigenvalue weighted by atomic mass is 32.2. The molecule has 0 amide bonds. The van der Waals surface area contributed by atoms with E-state index in [0.29, 0.717) is 11.4 Å². The normalized spacial score (nSPS) is 11.0. The Hall–Kier alpha value is -2.55. The van der Waals surface area contributed by atoms with Gasteiger partial charge in [0.25, 0.3) is 10.0 Å². The average Bonchev–Trinajstić information content (AvgIpc) is 2.96. The Morgan fingerprint density at radius 2 is 2.10 bits per heavy atom. The molecule has 1 aromatic heterocycles. The summed E-state index contributed by atoms with van der Waals surface area (Å²) >= 11 is 0. The zero-order chi connectivity index (χ0) is 15.5. The Labute approximate surface area is 121 Å². The molecule has 9 heteroatoms. The van der Waals surface area contributed by atoms with Crippen LogP contribution in [0, 0.1) is 0 Å². The molecule has 1 heterocycles. The number of sulfonamides is 1. The maximum Gasteiger partial charge on any atom is 0.342 e. The topological polar surface area (TPSA) is 110 Å². The number of hydrogen-bond donors (Lipinski definition) is 2. The van der Waals surface area contributed by atoms with E-state index in [1.807, 2.05) is 0 Å². The summed E-state index contributed by atoms with van der Waals surface area (Å²) in [6, 6.07) is 6.36. The molecule has 0 aliphatic carbocycles. The van der Waals surface area contributed by atoms with Crippen LogP contribution < -0.4 is 9.46 Å². The number of methoxy groups -OCH3 is 2. The molecular weight excluding hydrogens is 298 g/mol. The van der Waals surface area contributed by atoms with Gasteiger partial charge in [-0.2, -0.15) is 13.5 Å². The van der Waals surface area contributed by atoms with Gasteiger partial charge in [-0.05, 0) is 12.1 Å². The van der Waals surface area contributed by atoms with Gasteiger partial charge in [0.2, 0.25) is 0 Å². The number of aromatic amines is 1. The molecule has 2 N–H and O–H groups in total. The lowest BCUT2D eigenvalue weighted by atomic mass is 10.3. The van der Waals surface area contributed by atoms with E-state index in [-0.39, 0.29) is 10.6 Å². The molecular formula is C12H13N3O5S. The van der Waals surface area contributed by atoms with Crippen molar-refractivity contribution in [2.24, 2.45) is 0 Å². The van der Waals surface area contributed by atoms with E-state index in [1.165, 1.54) is 13.2 Å². The first kappa shape index (κ1) is 14.9. The van der Waals surface area contributed by atoms with E-state index in [9.17, 15) is 13.2 Å². The van der Waals surface area contributed by atoms with E-state index in [4.69, 9.17) is 4.74 Å². The number of hydrogen-bond acceptors (Lipinski definition) is 6. The largest absolute Gasteiger partial charge is 0.497 e. The summed E-state index contributed by atoms with van der Waals surface area (Å²) in [5.41, 5.74) is 0.118. The van der Waals surface area contributed by atoms with Crippen molar-refractivity contribution in [2.75, 3.05) is 18.9 Å². The zero-order valence-electron chi connectivity index (χ0n) is 11.3. The van der Waals surface area contributed by atoms with Crippen molar-refractivity contribution in [1.29, 1.82) is 0 Å². The second-order valence-corrected chi connectivity index (χ2v) is 5.56. The van der Waals surface area contributed by atoms with Gasteiger partial charge in [0.05, 0.1) is 26.1 Å². The van der Waals surface area contributed by atoms with E-state index < -0.39 is 16.0 Å². The van der Waals surface area contributed by atoms with E-state index in [0.717, 1.165) is 13.3 Å². The van der Waals surface area contributed by atoms with Crippen molar-refractivity contribution < 1.29 is 22.7 Å². The first-order valence-electron chi connectivity index (χ1n) is 5.76. The Balaban J connectivity index is 2.34. The number of carbonyl (C=O) groups is 1. The van der Waals surface area contributed by atoms with Crippen LogP contribution in [0.15, 0.2) is 35.5 Å². The number of esters is 1. The lowest BCUT2D eigenvalue weighted by Gasteiger charge is -2.08. The molecule has 0 bridgehead atoms. The lowest BCUT2D eigenvalue weighted by molar-refractivity contribution is 0.0596. The zero-order valence-corrected chi connectivity index (χ0v) is 12.1. The SMILES string of the molecule is COC(=O)c1cn[nH]c1S(=O)(=O)Nc1cccc(OC)c1. The number of nitrogens with zero attached hydrogens (tertiary/aromatic N) is 1. The van der Waals surface area contributed by atoms with Crippen LogP contribution in [0.3, 0.4) is 0 Å². The number of H-pyrrole nitrogens is 1. The highest BCUT2D eigenvalue weighted by Crippen LogP contribution is 2.21. The minimum absolute atomic E-state index is 0.173. The molecule has 21 heavy (non-hydrogen) atoms. The van der Waals surface area contributed by atoms with Gasteiger partial charge in [-0.25, -0.2) is 4.79 Å². The van der Waals surface area contributed by atoms with Crippen molar-refractivity contribution >= 4 is 21.7 Å². The van der Waals surface area contributed by atoms with Gasteiger partial charge >= 0.3 is 5.97 Å². The highest BCUT2D eigenvalue weighted by Gasteiger charge is 2.25. The third-order valence-electron chi connectivity index (χ3n) is 2.60. The van der Waals surface area contributed by atoms with E-state index in [2.05, 4.69) is 19.7 Å². The Kier molecular flexibility index (Phi) is 4.13. The molecule has 8 nitrogen and oxygen atoms in total. The average molecular weight is 311 g/mol. The standard InChI is InChI=1S/C12H13N3O5S/c1-19-9-5-3-4-8(6-9)15-21(17,18)11-10(7-13-14-11)12(16)20-2/h3-7,15H,1-2H3,(H,13,14). The molecule has 0 radical (unpaired) electrons. The molecule has 0 saturated heterocycles. The van der Waals surface area contributed by atoms with Gasteiger partial charge in [-0.3, -0.25) is 9.82 Å². The molecule has 0 aliphatic rings. The molecule has 2 aromatic rings. The van der Waals surface area contributed by atoms with Gasteiger partial charge < -0.3 is 9.47 Å². The first-order valence-corrected chi connectivity index (χ1v) is 7.25. The summed E-state index contributed by atoms with van der Waals surface area (Å²) in [5.74, 6) is -0.303. The number of benzene rings is 1. The molecule has 0 saturated carbocycles. The third kappa shape index (κ3) is 3.14. The number of aromatic nitrogens is 2. The monoisotopic (exact) mass is 311 g/mol. The summed E-state index contributed by atoms with van der Waals surface area (Å²) in [6.45, 7) is 0. The fourth-order valence-corrected chi connectivity index (χ4v) is 2.77. The van der Waals surface area contributed by atoms with Crippen LogP contribution in [-0.4, -0.2) is 38.8 Å². The summed E-state index contributed by atoms with van der Waals surface area (Å²) in [6.07, 6.45) is 1.09. The maximum absolute atomic E-state index is 12.3. The minimum Gasteiger partial charge on any atom is -0.497 e. The van der Waals surface area contributed by atoms with E-state index in [1.54, 1.807) is 18.2 Å². The molecule has 0 spiro atoms. The van der Waals surface area contributed by atoms with Crippen LogP contribution in [0.2, 0.25) is 0 Å². The fourth-order valence-electron chi connectivity index (χ4n) is 1.63. The van der Waals surface area contributed by atoms with Crippen molar-refractivity contribution in [3.8, 4) is 5.75 Å².